The molecule has 0 saturated carbocycles. The summed E-state index contributed by atoms with van der Waals surface area (Å²) in [6.45, 7) is 1.91. The number of hydrogen-bond acceptors (Lipinski definition) is 4. The topological polar surface area (TPSA) is 81.4 Å². The van der Waals surface area contributed by atoms with Crippen LogP contribution in [0.1, 0.15) is 5.56 Å². The van der Waals surface area contributed by atoms with Crippen molar-refractivity contribution in [2.75, 3.05) is 12.8 Å². The molecule has 0 aromatic heterocycles. The number of nitrogens with one attached hydrogen (secondary N) is 1. The van der Waals surface area contributed by atoms with Gasteiger partial charge in [-0.15, -0.1) is 0 Å². The lowest BCUT2D eigenvalue weighted by Crippen LogP contribution is -2.18. The molecule has 21 heavy (non-hydrogen) atoms. The van der Waals surface area contributed by atoms with Crippen molar-refractivity contribution >= 4 is 27.3 Å². The standard InChI is InChI=1S/C14H15ClN2O3S/c1-9-3-6-13(11(15)7-9)20-14-8-10(4-5-12(14)16)21(18,19)17-2/h3-8,17H,16H2,1-2H3. The zero-order valence-corrected chi connectivity index (χ0v) is 13.1. The molecular formula is C14H15ClN2O3S. The maximum absolute atomic E-state index is 11.8. The molecule has 0 atom stereocenters. The minimum absolute atomic E-state index is 0.0671. The normalized spacial score (nSPS) is 11.4. The number of aryl methyl sites for hydroxylation is 1. The van der Waals surface area contributed by atoms with Gasteiger partial charge in [-0.2, -0.15) is 0 Å². The second-order valence-corrected chi connectivity index (χ2v) is 6.74. The van der Waals surface area contributed by atoms with E-state index in [1.807, 2.05) is 13.0 Å². The first-order valence-corrected chi connectivity index (χ1v) is 7.96. The number of rotatable bonds is 4. The van der Waals surface area contributed by atoms with Crippen LogP contribution in [0.3, 0.4) is 0 Å². The number of halogens is 1. The Morgan fingerprint density at radius 2 is 1.86 bits per heavy atom. The Hall–Kier alpha value is -1.76. The van der Waals surface area contributed by atoms with E-state index in [9.17, 15) is 8.42 Å². The summed E-state index contributed by atoms with van der Waals surface area (Å²) in [6, 6.07) is 9.53. The van der Waals surface area contributed by atoms with Crippen LogP contribution in [0.15, 0.2) is 41.3 Å². The van der Waals surface area contributed by atoms with Crippen molar-refractivity contribution in [3.63, 3.8) is 0 Å². The summed E-state index contributed by atoms with van der Waals surface area (Å²) in [4.78, 5) is 0.0671. The molecule has 0 saturated heterocycles. The van der Waals surface area contributed by atoms with Crippen LogP contribution in [0.5, 0.6) is 11.5 Å². The highest BCUT2D eigenvalue weighted by Crippen LogP contribution is 2.34. The lowest BCUT2D eigenvalue weighted by atomic mass is 10.2. The molecule has 0 aliphatic heterocycles. The summed E-state index contributed by atoms with van der Waals surface area (Å²) in [5.41, 5.74) is 7.13. The van der Waals surface area contributed by atoms with Gasteiger partial charge in [-0.25, -0.2) is 13.1 Å². The SMILES string of the molecule is CNS(=O)(=O)c1ccc(N)c(Oc2ccc(C)cc2Cl)c1. The molecule has 0 fully saturated rings. The quantitative estimate of drug-likeness (QED) is 0.846. The van der Waals surface area contributed by atoms with E-state index in [-0.39, 0.29) is 10.6 Å². The molecule has 7 heteroatoms. The Morgan fingerprint density at radius 1 is 1.14 bits per heavy atom. The predicted octanol–water partition coefficient (Wildman–Crippen LogP) is 2.93. The van der Waals surface area contributed by atoms with Crippen LogP contribution in [0.25, 0.3) is 0 Å². The highest BCUT2D eigenvalue weighted by molar-refractivity contribution is 7.89. The molecule has 0 aliphatic rings. The zero-order valence-electron chi connectivity index (χ0n) is 11.6. The third-order valence-corrected chi connectivity index (χ3v) is 4.58. The monoisotopic (exact) mass is 326 g/mol. The minimum atomic E-state index is -3.57. The van der Waals surface area contributed by atoms with Crippen molar-refractivity contribution in [2.24, 2.45) is 0 Å². The van der Waals surface area contributed by atoms with Gasteiger partial charge in [-0.05, 0) is 43.8 Å². The van der Waals surface area contributed by atoms with Crippen LogP contribution in [-0.2, 0) is 10.0 Å². The maximum atomic E-state index is 11.8. The van der Waals surface area contributed by atoms with Gasteiger partial charge in [0.05, 0.1) is 15.6 Å². The number of benzene rings is 2. The number of anilines is 1. The van der Waals surface area contributed by atoms with E-state index in [1.54, 1.807) is 12.1 Å². The van der Waals surface area contributed by atoms with Crippen LogP contribution in [0.4, 0.5) is 5.69 Å². The number of ether oxygens (including phenoxy) is 1. The summed E-state index contributed by atoms with van der Waals surface area (Å²) >= 11 is 6.09. The third-order valence-electron chi connectivity index (χ3n) is 2.87. The first-order valence-electron chi connectivity index (χ1n) is 6.10. The largest absolute Gasteiger partial charge is 0.454 e. The Labute approximate surface area is 128 Å². The van der Waals surface area contributed by atoms with Gasteiger partial charge in [0.1, 0.15) is 5.75 Å². The van der Waals surface area contributed by atoms with Crippen molar-refractivity contribution in [3.8, 4) is 11.5 Å². The van der Waals surface area contributed by atoms with E-state index >= 15 is 0 Å². The first-order chi connectivity index (χ1) is 9.83. The zero-order chi connectivity index (χ0) is 15.6. The fourth-order valence-electron chi connectivity index (χ4n) is 1.70. The van der Waals surface area contributed by atoms with Gasteiger partial charge in [-0.1, -0.05) is 17.7 Å². The Kier molecular flexibility index (Phi) is 4.41. The van der Waals surface area contributed by atoms with E-state index in [0.29, 0.717) is 16.5 Å². The average Bonchev–Trinajstić information content (AvgIpc) is 2.43. The van der Waals surface area contributed by atoms with Crippen molar-refractivity contribution in [1.29, 1.82) is 0 Å². The molecule has 0 amide bonds. The fraction of sp³-hybridized carbons (Fsp3) is 0.143. The molecule has 5 nitrogen and oxygen atoms in total. The second kappa shape index (κ2) is 5.93. The van der Waals surface area contributed by atoms with Crippen LogP contribution >= 0.6 is 11.6 Å². The summed E-state index contributed by atoms with van der Waals surface area (Å²) in [5.74, 6) is 0.644. The van der Waals surface area contributed by atoms with Gasteiger partial charge in [0.15, 0.2) is 5.75 Å². The number of nitrogen functional groups attached to an aromatic ring is 1. The molecule has 2 aromatic rings. The highest BCUT2D eigenvalue weighted by Gasteiger charge is 2.15. The first kappa shape index (κ1) is 15.6. The molecule has 0 heterocycles. The smallest absolute Gasteiger partial charge is 0.240 e. The summed E-state index contributed by atoms with van der Waals surface area (Å²) in [7, 11) is -2.23. The molecule has 0 bridgehead atoms. The van der Waals surface area contributed by atoms with E-state index < -0.39 is 10.0 Å². The molecule has 2 rings (SSSR count). The fourth-order valence-corrected chi connectivity index (χ4v) is 2.71. The maximum Gasteiger partial charge on any atom is 0.240 e. The number of hydrogen-bond donors (Lipinski definition) is 2. The van der Waals surface area contributed by atoms with Crippen molar-refractivity contribution in [1.82, 2.24) is 4.72 Å². The molecule has 112 valence electrons. The van der Waals surface area contributed by atoms with Crippen LogP contribution in [-0.4, -0.2) is 15.5 Å². The van der Waals surface area contributed by atoms with E-state index in [1.165, 1.54) is 25.2 Å². The van der Waals surface area contributed by atoms with Gasteiger partial charge in [-0.3, -0.25) is 0 Å². The van der Waals surface area contributed by atoms with Crippen molar-refractivity contribution in [2.45, 2.75) is 11.8 Å². The Morgan fingerprint density at radius 3 is 2.48 bits per heavy atom. The predicted molar refractivity (Wildman–Crippen MR) is 83.4 cm³/mol. The lowest BCUT2D eigenvalue weighted by molar-refractivity contribution is 0.483. The second-order valence-electron chi connectivity index (χ2n) is 4.44. The number of nitrogens with two attached hydrogens (primary N) is 1. The minimum Gasteiger partial charge on any atom is -0.454 e. The van der Waals surface area contributed by atoms with E-state index in [0.717, 1.165) is 5.56 Å². The van der Waals surface area contributed by atoms with Gasteiger partial charge in [0.25, 0.3) is 0 Å². The van der Waals surface area contributed by atoms with E-state index in [4.69, 9.17) is 22.1 Å². The molecule has 0 radical (unpaired) electrons. The molecule has 3 N–H and O–H groups in total. The molecule has 0 spiro atoms. The lowest BCUT2D eigenvalue weighted by Gasteiger charge is -2.12. The van der Waals surface area contributed by atoms with Crippen LogP contribution < -0.4 is 15.2 Å². The van der Waals surface area contributed by atoms with E-state index in [2.05, 4.69) is 4.72 Å². The van der Waals surface area contributed by atoms with Crippen molar-refractivity contribution < 1.29 is 13.2 Å². The molecule has 0 aliphatic carbocycles. The molecule has 2 aromatic carbocycles. The van der Waals surface area contributed by atoms with Gasteiger partial charge in [0.2, 0.25) is 10.0 Å². The van der Waals surface area contributed by atoms with Crippen LogP contribution in [0, 0.1) is 6.92 Å². The summed E-state index contributed by atoms with van der Waals surface area (Å²) < 4.78 is 31.5. The van der Waals surface area contributed by atoms with Gasteiger partial charge in [0, 0.05) is 6.07 Å². The van der Waals surface area contributed by atoms with Crippen LogP contribution in [0.2, 0.25) is 5.02 Å². The van der Waals surface area contributed by atoms with Gasteiger partial charge < -0.3 is 10.5 Å². The summed E-state index contributed by atoms with van der Waals surface area (Å²) in [6.07, 6.45) is 0. The average molecular weight is 327 g/mol. The third kappa shape index (κ3) is 3.47. The Bertz CT molecular complexity index is 776. The van der Waals surface area contributed by atoms with Gasteiger partial charge >= 0.3 is 0 Å². The summed E-state index contributed by atoms with van der Waals surface area (Å²) in [5, 5.41) is 0.427. The van der Waals surface area contributed by atoms with Crippen molar-refractivity contribution in [3.05, 3.63) is 47.0 Å². The Balaban J connectivity index is 2.42. The number of sulfonamides is 1. The highest BCUT2D eigenvalue weighted by atomic mass is 35.5. The molecule has 0 unspecified atom stereocenters. The molecular weight excluding hydrogens is 312 g/mol.